The van der Waals surface area contributed by atoms with Gasteiger partial charge < -0.3 is 9.40 Å². The van der Waals surface area contributed by atoms with Crippen LogP contribution >= 0.6 is 0 Å². The number of nitrogens with one attached hydrogen (secondary N) is 1. The second kappa shape index (κ2) is 6.50. The molecule has 146 valence electrons. The van der Waals surface area contributed by atoms with E-state index >= 15 is 0 Å². The van der Waals surface area contributed by atoms with E-state index in [1.807, 2.05) is 0 Å². The fourth-order valence-electron chi connectivity index (χ4n) is 4.69. The minimum Gasteiger partial charge on any atom is -0.455 e. The van der Waals surface area contributed by atoms with E-state index in [1.54, 1.807) is 0 Å². The first-order valence-electron chi connectivity index (χ1n) is 10.7. The maximum absolute atomic E-state index is 6.57. The van der Waals surface area contributed by atoms with Crippen molar-refractivity contribution in [3.8, 4) is 11.1 Å². The van der Waals surface area contributed by atoms with Gasteiger partial charge in [0.1, 0.15) is 11.2 Å². The molecular formula is C28H23NO. The Kier molecular flexibility index (Phi) is 3.76. The summed E-state index contributed by atoms with van der Waals surface area (Å²) in [4.78, 5) is 3.52. The molecule has 6 rings (SSSR count). The van der Waals surface area contributed by atoms with E-state index in [0.717, 1.165) is 28.7 Å². The van der Waals surface area contributed by atoms with Crippen LogP contribution in [0.1, 0.15) is 31.7 Å². The molecule has 1 atom stereocenters. The van der Waals surface area contributed by atoms with Crippen LogP contribution in [0, 0.1) is 0 Å². The Morgan fingerprint density at radius 1 is 0.733 bits per heavy atom. The first-order chi connectivity index (χ1) is 14.7. The van der Waals surface area contributed by atoms with Crippen LogP contribution in [0.15, 0.2) is 83.3 Å². The topological polar surface area (TPSA) is 28.9 Å². The number of aromatic amines is 1. The first-order valence-corrected chi connectivity index (χ1v) is 10.7. The maximum Gasteiger partial charge on any atom is 0.143 e. The quantitative estimate of drug-likeness (QED) is 0.323. The number of H-pyrrole nitrogens is 1. The summed E-state index contributed by atoms with van der Waals surface area (Å²) in [5.41, 5.74) is 7.96. The average molecular weight is 389 g/mol. The van der Waals surface area contributed by atoms with Crippen molar-refractivity contribution in [2.75, 3.05) is 0 Å². The molecule has 0 amide bonds. The van der Waals surface area contributed by atoms with E-state index in [9.17, 15) is 0 Å². The Labute approximate surface area is 175 Å². The van der Waals surface area contributed by atoms with Crippen molar-refractivity contribution in [3.63, 3.8) is 0 Å². The zero-order valence-corrected chi connectivity index (χ0v) is 17.2. The van der Waals surface area contributed by atoms with Crippen molar-refractivity contribution in [3.05, 3.63) is 84.4 Å². The number of rotatable bonds is 3. The van der Waals surface area contributed by atoms with Gasteiger partial charge in [0.15, 0.2) is 0 Å². The molecule has 2 heteroatoms. The summed E-state index contributed by atoms with van der Waals surface area (Å²) in [7, 11) is 0. The molecular weight excluding hydrogens is 366 g/mol. The zero-order valence-electron chi connectivity index (χ0n) is 17.2. The largest absolute Gasteiger partial charge is 0.455 e. The van der Waals surface area contributed by atoms with Gasteiger partial charge in [0.25, 0.3) is 0 Å². The van der Waals surface area contributed by atoms with E-state index in [1.165, 1.54) is 38.2 Å². The highest BCUT2D eigenvalue weighted by atomic mass is 16.3. The van der Waals surface area contributed by atoms with Gasteiger partial charge in [0.05, 0.1) is 0 Å². The lowest BCUT2D eigenvalue weighted by atomic mass is 9.96. The Morgan fingerprint density at radius 2 is 1.47 bits per heavy atom. The lowest BCUT2D eigenvalue weighted by Gasteiger charge is -2.08. The lowest BCUT2D eigenvalue weighted by Crippen LogP contribution is -1.90. The van der Waals surface area contributed by atoms with Crippen LogP contribution in [-0.4, -0.2) is 4.98 Å². The molecule has 0 aliphatic heterocycles. The van der Waals surface area contributed by atoms with Crippen molar-refractivity contribution in [2.45, 2.75) is 26.2 Å². The molecule has 4 aromatic carbocycles. The molecule has 0 radical (unpaired) electrons. The SMILES string of the molecule is CCC(C)c1cccc2c1oc1c(-c3ccc4[nH]c5ccccc5c4c3)cccc12. The first kappa shape index (κ1) is 17.3. The van der Waals surface area contributed by atoms with Gasteiger partial charge in [0.2, 0.25) is 0 Å². The maximum atomic E-state index is 6.57. The second-order valence-corrected chi connectivity index (χ2v) is 8.25. The predicted octanol–water partition coefficient (Wildman–Crippen LogP) is 8.40. The number of fused-ring (bicyclic) bond motifs is 6. The molecule has 30 heavy (non-hydrogen) atoms. The van der Waals surface area contributed by atoms with E-state index in [4.69, 9.17) is 4.42 Å². The van der Waals surface area contributed by atoms with Gasteiger partial charge in [-0.15, -0.1) is 0 Å². The Morgan fingerprint density at radius 3 is 2.33 bits per heavy atom. The Hall–Kier alpha value is -3.52. The summed E-state index contributed by atoms with van der Waals surface area (Å²) in [5.74, 6) is 0.472. The normalized spacial score (nSPS) is 13.0. The van der Waals surface area contributed by atoms with Crippen molar-refractivity contribution in [1.82, 2.24) is 4.98 Å². The molecule has 0 aliphatic rings. The minimum atomic E-state index is 0.472. The third-order valence-corrected chi connectivity index (χ3v) is 6.52. The van der Waals surface area contributed by atoms with Crippen LogP contribution in [0.5, 0.6) is 0 Å². The fraction of sp³-hybridized carbons (Fsp3) is 0.143. The lowest BCUT2D eigenvalue weighted by molar-refractivity contribution is 0.646. The van der Waals surface area contributed by atoms with E-state index < -0.39 is 0 Å². The summed E-state index contributed by atoms with van der Waals surface area (Å²) in [6.07, 6.45) is 1.10. The molecule has 0 aliphatic carbocycles. The molecule has 0 saturated heterocycles. The fourth-order valence-corrected chi connectivity index (χ4v) is 4.69. The summed E-state index contributed by atoms with van der Waals surface area (Å²) in [6.45, 7) is 4.50. The van der Waals surface area contributed by atoms with Gasteiger partial charge in [-0.1, -0.05) is 74.5 Å². The Bertz CT molecular complexity index is 1550. The van der Waals surface area contributed by atoms with Crippen LogP contribution in [0.4, 0.5) is 0 Å². The highest BCUT2D eigenvalue weighted by Gasteiger charge is 2.17. The van der Waals surface area contributed by atoms with Gasteiger partial charge in [-0.3, -0.25) is 0 Å². The molecule has 6 aromatic rings. The van der Waals surface area contributed by atoms with Gasteiger partial charge in [-0.05, 0) is 41.7 Å². The predicted molar refractivity (Wildman–Crippen MR) is 127 cm³/mol. The highest BCUT2D eigenvalue weighted by Crippen LogP contribution is 2.40. The number of hydrogen-bond acceptors (Lipinski definition) is 1. The number of furan rings is 1. The monoisotopic (exact) mass is 389 g/mol. The summed E-state index contributed by atoms with van der Waals surface area (Å²) in [6, 6.07) is 28.2. The highest BCUT2D eigenvalue weighted by molar-refractivity contribution is 6.12. The summed E-state index contributed by atoms with van der Waals surface area (Å²) < 4.78 is 6.57. The Balaban J connectivity index is 1.63. The summed E-state index contributed by atoms with van der Waals surface area (Å²) in [5, 5.41) is 4.89. The van der Waals surface area contributed by atoms with Crippen LogP contribution in [-0.2, 0) is 0 Å². The van der Waals surface area contributed by atoms with Gasteiger partial charge >= 0.3 is 0 Å². The van der Waals surface area contributed by atoms with Crippen LogP contribution in [0.25, 0.3) is 54.9 Å². The van der Waals surface area contributed by atoms with Gasteiger partial charge in [-0.25, -0.2) is 0 Å². The zero-order chi connectivity index (χ0) is 20.2. The van der Waals surface area contributed by atoms with Crippen LogP contribution < -0.4 is 0 Å². The smallest absolute Gasteiger partial charge is 0.143 e. The molecule has 1 N–H and O–H groups in total. The number of hydrogen-bond donors (Lipinski definition) is 1. The molecule has 0 spiro atoms. The minimum absolute atomic E-state index is 0.472. The summed E-state index contributed by atoms with van der Waals surface area (Å²) >= 11 is 0. The standard InChI is InChI=1S/C28H23NO/c1-3-17(2)19-9-6-11-22-23-12-7-10-20(28(23)30-27(19)22)18-14-15-26-24(16-18)21-8-4-5-13-25(21)29-26/h4-17,29H,3H2,1-2H3. The van der Waals surface area contributed by atoms with E-state index in [2.05, 4.69) is 97.7 Å². The third kappa shape index (κ3) is 2.43. The van der Waals surface area contributed by atoms with E-state index in [0.29, 0.717) is 5.92 Å². The number of benzene rings is 4. The van der Waals surface area contributed by atoms with Crippen molar-refractivity contribution < 1.29 is 4.42 Å². The van der Waals surface area contributed by atoms with Crippen molar-refractivity contribution >= 4 is 43.7 Å². The second-order valence-electron chi connectivity index (χ2n) is 8.25. The molecule has 2 heterocycles. The molecule has 2 aromatic heterocycles. The molecule has 0 fully saturated rings. The molecule has 2 nitrogen and oxygen atoms in total. The van der Waals surface area contributed by atoms with Crippen LogP contribution in [0.2, 0.25) is 0 Å². The molecule has 0 bridgehead atoms. The number of aromatic nitrogens is 1. The van der Waals surface area contributed by atoms with Crippen LogP contribution in [0.3, 0.4) is 0 Å². The third-order valence-electron chi connectivity index (χ3n) is 6.52. The molecule has 0 saturated carbocycles. The van der Waals surface area contributed by atoms with Gasteiger partial charge in [-0.2, -0.15) is 0 Å². The average Bonchev–Trinajstić information content (AvgIpc) is 3.36. The van der Waals surface area contributed by atoms with Crippen molar-refractivity contribution in [1.29, 1.82) is 0 Å². The van der Waals surface area contributed by atoms with Gasteiger partial charge in [0, 0.05) is 38.1 Å². The number of para-hydroxylation sites is 3. The molecule has 1 unspecified atom stereocenters. The van der Waals surface area contributed by atoms with Crippen molar-refractivity contribution in [2.24, 2.45) is 0 Å². The van der Waals surface area contributed by atoms with E-state index in [-0.39, 0.29) is 0 Å².